The van der Waals surface area contributed by atoms with E-state index in [9.17, 15) is 14.4 Å². The van der Waals surface area contributed by atoms with Gasteiger partial charge in [-0.25, -0.2) is 4.79 Å². The molecular weight excluding hydrogens is 554 g/mol. The van der Waals surface area contributed by atoms with Crippen molar-refractivity contribution in [1.82, 2.24) is 15.1 Å². The first-order chi connectivity index (χ1) is 21.4. The molecule has 0 unspecified atom stereocenters. The van der Waals surface area contributed by atoms with Crippen LogP contribution in [0.25, 0.3) is 11.1 Å². The minimum atomic E-state index is -0.707. The first-order valence-electron chi connectivity index (χ1n) is 15.5. The van der Waals surface area contributed by atoms with E-state index in [1.54, 1.807) is 0 Å². The molecule has 0 radical (unpaired) electrons. The van der Waals surface area contributed by atoms with Crippen molar-refractivity contribution in [3.8, 4) is 11.1 Å². The number of ether oxygens (including phenoxy) is 1. The molecule has 2 fully saturated rings. The zero-order valence-electron chi connectivity index (χ0n) is 25.4. The monoisotopic (exact) mass is 599 g/mol. The molecule has 0 aliphatic carbocycles. The van der Waals surface area contributed by atoms with E-state index < -0.39 is 6.09 Å². The van der Waals surface area contributed by atoms with Gasteiger partial charge in [-0.05, 0) is 55.5 Å². The van der Waals surface area contributed by atoms with Gasteiger partial charge in [-0.3, -0.25) is 14.5 Å². The average molecular weight is 600 g/mol. The summed E-state index contributed by atoms with van der Waals surface area (Å²) in [5.41, 5.74) is 14.9. The van der Waals surface area contributed by atoms with Crippen molar-refractivity contribution in [3.63, 3.8) is 0 Å². The molecule has 0 atom stereocenters. The summed E-state index contributed by atoms with van der Waals surface area (Å²) < 4.78 is 5.04. The SMILES string of the molecule is NC(=O)OC1CCN(CCNCC(=O)c2ccc(CN3CCC(C(N)=O)CC3)cc2)CC1.c1ccc(-c2ccccc2)cc1. The highest BCUT2D eigenvalue weighted by atomic mass is 16.6. The van der Waals surface area contributed by atoms with Crippen LogP contribution >= 0.6 is 0 Å². The number of piperidine rings is 2. The average Bonchev–Trinajstić information content (AvgIpc) is 3.05. The number of rotatable bonds is 11. The van der Waals surface area contributed by atoms with Gasteiger partial charge in [0.1, 0.15) is 6.10 Å². The molecule has 2 saturated heterocycles. The lowest BCUT2D eigenvalue weighted by Crippen LogP contribution is -2.42. The molecule has 234 valence electrons. The highest BCUT2D eigenvalue weighted by Crippen LogP contribution is 2.19. The van der Waals surface area contributed by atoms with Crippen LogP contribution in [0, 0.1) is 5.92 Å². The lowest BCUT2D eigenvalue weighted by molar-refractivity contribution is -0.123. The Morgan fingerprint density at radius 1 is 0.727 bits per heavy atom. The Morgan fingerprint density at radius 2 is 1.27 bits per heavy atom. The van der Waals surface area contributed by atoms with Gasteiger partial charge in [0, 0.05) is 44.2 Å². The van der Waals surface area contributed by atoms with Crippen LogP contribution in [0.4, 0.5) is 4.79 Å². The van der Waals surface area contributed by atoms with Crippen LogP contribution in [0.3, 0.4) is 0 Å². The van der Waals surface area contributed by atoms with Gasteiger partial charge in [0.15, 0.2) is 5.78 Å². The van der Waals surface area contributed by atoms with Crippen LogP contribution in [0.5, 0.6) is 0 Å². The van der Waals surface area contributed by atoms with E-state index in [4.69, 9.17) is 16.2 Å². The molecule has 2 aliphatic rings. The summed E-state index contributed by atoms with van der Waals surface area (Å²) in [7, 11) is 0. The molecule has 9 nitrogen and oxygen atoms in total. The van der Waals surface area contributed by atoms with Crippen LogP contribution in [0.15, 0.2) is 84.9 Å². The Hall–Kier alpha value is -4.05. The van der Waals surface area contributed by atoms with Gasteiger partial charge in [-0.1, -0.05) is 84.9 Å². The fourth-order valence-electron chi connectivity index (χ4n) is 5.65. The Balaban J connectivity index is 0.000000305. The third kappa shape index (κ3) is 10.9. The number of nitrogens with zero attached hydrogens (tertiary/aromatic N) is 2. The molecule has 5 rings (SSSR count). The molecule has 3 aromatic carbocycles. The normalized spacial score (nSPS) is 16.5. The van der Waals surface area contributed by atoms with Crippen LogP contribution in [-0.4, -0.2) is 79.5 Å². The van der Waals surface area contributed by atoms with Crippen LogP contribution in [0.2, 0.25) is 0 Å². The minimum Gasteiger partial charge on any atom is -0.446 e. The summed E-state index contributed by atoms with van der Waals surface area (Å²) in [4.78, 5) is 39.2. The van der Waals surface area contributed by atoms with Crippen LogP contribution in [-0.2, 0) is 16.1 Å². The highest BCUT2D eigenvalue weighted by Gasteiger charge is 2.23. The number of hydrogen-bond donors (Lipinski definition) is 3. The van der Waals surface area contributed by atoms with Gasteiger partial charge in [0.25, 0.3) is 0 Å². The second-order valence-corrected chi connectivity index (χ2v) is 11.5. The molecule has 2 amide bonds. The van der Waals surface area contributed by atoms with Gasteiger partial charge in [0.2, 0.25) is 5.91 Å². The maximum atomic E-state index is 12.5. The maximum absolute atomic E-state index is 12.5. The van der Waals surface area contributed by atoms with Gasteiger partial charge < -0.3 is 26.4 Å². The van der Waals surface area contributed by atoms with Gasteiger partial charge in [-0.15, -0.1) is 0 Å². The number of carbonyl (C=O) groups is 3. The van der Waals surface area contributed by atoms with Crippen molar-refractivity contribution < 1.29 is 19.1 Å². The van der Waals surface area contributed by atoms with Crippen LogP contribution < -0.4 is 16.8 Å². The third-order valence-electron chi connectivity index (χ3n) is 8.26. The van der Waals surface area contributed by atoms with E-state index in [0.717, 1.165) is 77.1 Å². The number of Topliss-reactive ketones (excluding diaryl/α,β-unsaturated/α-hetero) is 1. The molecule has 44 heavy (non-hydrogen) atoms. The molecule has 5 N–H and O–H groups in total. The summed E-state index contributed by atoms with van der Waals surface area (Å²) in [6.45, 7) is 6.15. The van der Waals surface area contributed by atoms with Crippen molar-refractivity contribution in [2.75, 3.05) is 45.8 Å². The largest absolute Gasteiger partial charge is 0.446 e. The molecule has 0 saturated carbocycles. The summed E-state index contributed by atoms with van der Waals surface area (Å²) >= 11 is 0. The fourth-order valence-corrected chi connectivity index (χ4v) is 5.65. The fraction of sp³-hybridized carbons (Fsp3) is 0.400. The number of carbonyl (C=O) groups excluding carboxylic acids is 3. The van der Waals surface area contributed by atoms with Crippen molar-refractivity contribution in [2.24, 2.45) is 17.4 Å². The lowest BCUT2D eigenvalue weighted by Gasteiger charge is -2.31. The summed E-state index contributed by atoms with van der Waals surface area (Å²) in [5.74, 6) is -0.116. The smallest absolute Gasteiger partial charge is 0.404 e. The standard InChI is InChI=1S/C23H35N5O4.C12H10/c24-22(30)19-5-10-28(11-6-19)16-17-1-3-18(4-2-17)21(29)15-26-9-14-27-12-7-20(8-13-27)32-23(25)31;1-3-7-11(8-4-1)12-9-5-2-6-10-12/h1-4,19-20,26H,5-16H2,(H2,24,30)(H2,25,31);1-10H. The number of primary amides is 2. The van der Waals surface area contributed by atoms with E-state index in [2.05, 4.69) is 63.6 Å². The lowest BCUT2D eigenvalue weighted by atomic mass is 9.96. The van der Waals surface area contributed by atoms with Crippen molar-refractivity contribution in [1.29, 1.82) is 0 Å². The summed E-state index contributed by atoms with van der Waals surface area (Å²) in [5, 5.41) is 3.23. The highest BCUT2D eigenvalue weighted by molar-refractivity contribution is 5.97. The summed E-state index contributed by atoms with van der Waals surface area (Å²) in [6.07, 6.45) is 2.42. The Morgan fingerprint density at radius 3 is 1.80 bits per heavy atom. The molecule has 0 bridgehead atoms. The van der Waals surface area contributed by atoms with Crippen LogP contribution in [0.1, 0.15) is 41.6 Å². The number of ketones is 1. The predicted octanol–water partition coefficient (Wildman–Crippen LogP) is 4.07. The second kappa shape index (κ2) is 17.3. The van der Waals surface area contributed by atoms with Crippen molar-refractivity contribution in [3.05, 3.63) is 96.1 Å². The van der Waals surface area contributed by atoms with Gasteiger partial charge >= 0.3 is 6.09 Å². The maximum Gasteiger partial charge on any atom is 0.404 e. The Labute approximate surface area is 260 Å². The topological polar surface area (TPSA) is 131 Å². The Bertz CT molecular complexity index is 1270. The number of likely N-dealkylation sites (tertiary alicyclic amines) is 2. The molecule has 2 heterocycles. The molecule has 0 aromatic heterocycles. The first kappa shape index (κ1) is 32.9. The van der Waals surface area contributed by atoms with E-state index in [-0.39, 0.29) is 23.7 Å². The third-order valence-corrected chi connectivity index (χ3v) is 8.26. The predicted molar refractivity (Wildman–Crippen MR) is 173 cm³/mol. The molecule has 0 spiro atoms. The molecular formula is C35H45N5O4. The molecule has 9 heteroatoms. The van der Waals surface area contributed by atoms with E-state index in [0.29, 0.717) is 12.1 Å². The number of amides is 2. The van der Waals surface area contributed by atoms with E-state index in [1.807, 2.05) is 36.4 Å². The number of benzene rings is 3. The summed E-state index contributed by atoms with van der Waals surface area (Å²) in [6, 6.07) is 28.6. The Kier molecular flexibility index (Phi) is 12.9. The van der Waals surface area contributed by atoms with Gasteiger partial charge in [-0.2, -0.15) is 0 Å². The van der Waals surface area contributed by atoms with E-state index in [1.165, 1.54) is 11.1 Å². The number of nitrogens with one attached hydrogen (secondary N) is 1. The van der Waals surface area contributed by atoms with Crippen molar-refractivity contribution in [2.45, 2.75) is 38.3 Å². The van der Waals surface area contributed by atoms with Crippen molar-refractivity contribution >= 4 is 17.8 Å². The zero-order valence-corrected chi connectivity index (χ0v) is 25.4. The quantitative estimate of drug-likeness (QED) is 0.224. The van der Waals surface area contributed by atoms with Gasteiger partial charge in [0.05, 0.1) is 6.54 Å². The number of hydrogen-bond acceptors (Lipinski definition) is 7. The second-order valence-electron chi connectivity index (χ2n) is 11.5. The first-order valence-corrected chi connectivity index (χ1v) is 15.5. The minimum absolute atomic E-state index is 0.00132. The molecule has 2 aliphatic heterocycles. The van der Waals surface area contributed by atoms with E-state index >= 15 is 0 Å². The number of nitrogens with two attached hydrogens (primary N) is 2. The zero-order chi connectivity index (χ0) is 31.1. The molecule has 3 aromatic rings.